The SMILES string of the molecule is COCCC1(Cn2c(Cl)nnc2C(C)(C)C)CC1. The van der Waals surface area contributed by atoms with Gasteiger partial charge in [-0.2, -0.15) is 0 Å². The highest BCUT2D eigenvalue weighted by Crippen LogP contribution is 2.50. The van der Waals surface area contributed by atoms with Crippen LogP contribution in [0.2, 0.25) is 5.28 Å². The zero-order chi connectivity index (χ0) is 13.4. The Labute approximate surface area is 114 Å². The van der Waals surface area contributed by atoms with E-state index in [9.17, 15) is 0 Å². The first-order valence-electron chi connectivity index (χ1n) is 6.46. The Bertz CT molecular complexity index is 418. The first-order valence-corrected chi connectivity index (χ1v) is 6.84. The highest BCUT2D eigenvalue weighted by Gasteiger charge is 2.43. The molecule has 4 nitrogen and oxygen atoms in total. The van der Waals surface area contributed by atoms with Crippen molar-refractivity contribution in [1.29, 1.82) is 0 Å². The topological polar surface area (TPSA) is 39.9 Å². The van der Waals surface area contributed by atoms with Crippen LogP contribution >= 0.6 is 11.6 Å². The molecule has 0 aromatic carbocycles. The first-order chi connectivity index (χ1) is 8.38. The molecule has 0 radical (unpaired) electrons. The van der Waals surface area contributed by atoms with Gasteiger partial charge in [-0.25, -0.2) is 0 Å². The van der Waals surface area contributed by atoms with Gasteiger partial charge in [0.05, 0.1) is 0 Å². The average molecular weight is 272 g/mol. The third kappa shape index (κ3) is 2.86. The van der Waals surface area contributed by atoms with Crippen LogP contribution in [0.5, 0.6) is 0 Å². The van der Waals surface area contributed by atoms with E-state index in [1.54, 1.807) is 7.11 Å². The first kappa shape index (κ1) is 13.8. The van der Waals surface area contributed by atoms with Crippen LogP contribution in [0, 0.1) is 5.41 Å². The van der Waals surface area contributed by atoms with Crippen LogP contribution in [-0.2, 0) is 16.7 Å². The lowest BCUT2D eigenvalue weighted by atomic mass is 9.95. The predicted molar refractivity (Wildman–Crippen MR) is 71.9 cm³/mol. The van der Waals surface area contributed by atoms with Crippen LogP contribution in [0.4, 0.5) is 0 Å². The van der Waals surface area contributed by atoms with E-state index in [1.807, 2.05) is 0 Å². The average Bonchev–Trinajstić information content (AvgIpc) is 2.94. The van der Waals surface area contributed by atoms with E-state index in [4.69, 9.17) is 16.3 Å². The van der Waals surface area contributed by atoms with Crippen molar-refractivity contribution in [3.63, 3.8) is 0 Å². The molecule has 5 heteroatoms. The molecule has 102 valence electrons. The lowest BCUT2D eigenvalue weighted by molar-refractivity contribution is 0.166. The molecule has 1 fully saturated rings. The molecule has 0 saturated heterocycles. The van der Waals surface area contributed by atoms with Crippen LogP contribution in [0.3, 0.4) is 0 Å². The van der Waals surface area contributed by atoms with Crippen molar-refractivity contribution in [1.82, 2.24) is 14.8 Å². The largest absolute Gasteiger partial charge is 0.385 e. The number of aromatic nitrogens is 3. The highest BCUT2D eigenvalue weighted by molar-refractivity contribution is 6.28. The fourth-order valence-corrected chi connectivity index (χ4v) is 2.47. The lowest BCUT2D eigenvalue weighted by Crippen LogP contribution is -2.23. The number of hydrogen-bond donors (Lipinski definition) is 0. The van der Waals surface area contributed by atoms with Gasteiger partial charge in [0.1, 0.15) is 5.82 Å². The Kier molecular flexibility index (Phi) is 3.70. The third-order valence-corrected chi connectivity index (χ3v) is 3.94. The standard InChI is InChI=1S/C13H22ClN3O/c1-12(2,3)10-15-16-11(14)17(10)9-13(5-6-13)7-8-18-4/h5-9H2,1-4H3. The van der Waals surface area contributed by atoms with Crippen LogP contribution < -0.4 is 0 Å². The van der Waals surface area contributed by atoms with Gasteiger partial charge < -0.3 is 9.30 Å². The molecule has 0 spiro atoms. The minimum Gasteiger partial charge on any atom is -0.385 e. The van der Waals surface area contributed by atoms with Crippen molar-refractivity contribution >= 4 is 11.6 Å². The number of ether oxygens (including phenoxy) is 1. The van der Waals surface area contributed by atoms with Crippen LogP contribution in [0.15, 0.2) is 0 Å². The van der Waals surface area contributed by atoms with Gasteiger partial charge in [0.25, 0.3) is 0 Å². The molecule has 2 rings (SSSR count). The minimum atomic E-state index is -0.0303. The molecule has 0 bridgehead atoms. The summed E-state index contributed by atoms with van der Waals surface area (Å²) in [6.45, 7) is 8.13. The van der Waals surface area contributed by atoms with Crippen LogP contribution in [-0.4, -0.2) is 28.5 Å². The summed E-state index contributed by atoms with van der Waals surface area (Å²) in [5.41, 5.74) is 0.319. The van der Waals surface area contributed by atoms with E-state index in [2.05, 4.69) is 35.5 Å². The highest BCUT2D eigenvalue weighted by atomic mass is 35.5. The number of halogens is 1. The summed E-state index contributed by atoms with van der Waals surface area (Å²) in [7, 11) is 1.75. The summed E-state index contributed by atoms with van der Waals surface area (Å²) in [4.78, 5) is 0. The normalized spacial score (nSPS) is 18.1. The number of rotatable bonds is 5. The molecule has 1 aliphatic carbocycles. The Morgan fingerprint density at radius 2 is 2.00 bits per heavy atom. The van der Waals surface area contributed by atoms with Crippen molar-refractivity contribution in [2.24, 2.45) is 5.41 Å². The molecule has 0 amide bonds. The van der Waals surface area contributed by atoms with E-state index in [0.717, 1.165) is 25.4 Å². The summed E-state index contributed by atoms with van der Waals surface area (Å²) >= 11 is 6.18. The Hall–Kier alpha value is -0.610. The Morgan fingerprint density at radius 1 is 1.33 bits per heavy atom. The summed E-state index contributed by atoms with van der Waals surface area (Å²) in [5.74, 6) is 0.969. The van der Waals surface area contributed by atoms with E-state index >= 15 is 0 Å². The van der Waals surface area contributed by atoms with Gasteiger partial charge in [0.2, 0.25) is 5.28 Å². The van der Waals surface area contributed by atoms with Crippen molar-refractivity contribution in [3.8, 4) is 0 Å². The second kappa shape index (κ2) is 4.82. The summed E-state index contributed by atoms with van der Waals surface area (Å²) in [5, 5.41) is 8.75. The monoisotopic (exact) mass is 271 g/mol. The third-order valence-electron chi connectivity index (χ3n) is 3.66. The minimum absolute atomic E-state index is 0.0303. The molecule has 1 aromatic heterocycles. The zero-order valence-corrected chi connectivity index (χ0v) is 12.4. The fraction of sp³-hybridized carbons (Fsp3) is 0.846. The Morgan fingerprint density at radius 3 is 2.50 bits per heavy atom. The second-order valence-corrected chi connectivity index (χ2v) is 6.71. The van der Waals surface area contributed by atoms with Gasteiger partial charge in [0.15, 0.2) is 0 Å². The maximum atomic E-state index is 6.18. The van der Waals surface area contributed by atoms with Gasteiger partial charge in [-0.3, -0.25) is 0 Å². The van der Waals surface area contributed by atoms with Gasteiger partial charge >= 0.3 is 0 Å². The molecule has 0 atom stereocenters. The van der Waals surface area contributed by atoms with Crippen LogP contribution in [0.1, 0.15) is 45.9 Å². The number of hydrogen-bond acceptors (Lipinski definition) is 3. The van der Waals surface area contributed by atoms with Gasteiger partial charge in [-0.05, 0) is 36.3 Å². The molecular weight excluding hydrogens is 250 g/mol. The molecule has 1 saturated carbocycles. The molecule has 18 heavy (non-hydrogen) atoms. The Balaban J connectivity index is 2.16. The molecule has 0 unspecified atom stereocenters. The maximum absolute atomic E-state index is 6.18. The second-order valence-electron chi connectivity index (χ2n) is 6.37. The maximum Gasteiger partial charge on any atom is 0.225 e. The van der Waals surface area contributed by atoms with E-state index in [-0.39, 0.29) is 5.41 Å². The van der Waals surface area contributed by atoms with Crippen LogP contribution in [0.25, 0.3) is 0 Å². The summed E-state index contributed by atoms with van der Waals surface area (Å²) in [6, 6.07) is 0. The van der Waals surface area contributed by atoms with Crippen molar-refractivity contribution < 1.29 is 4.74 Å². The number of nitrogens with zero attached hydrogens (tertiary/aromatic N) is 3. The molecule has 1 aromatic rings. The fourth-order valence-electron chi connectivity index (χ4n) is 2.30. The summed E-state index contributed by atoms with van der Waals surface area (Å²) < 4.78 is 7.26. The number of methoxy groups -OCH3 is 1. The quantitative estimate of drug-likeness (QED) is 0.826. The van der Waals surface area contributed by atoms with E-state index < -0.39 is 0 Å². The zero-order valence-electron chi connectivity index (χ0n) is 11.7. The molecule has 1 aliphatic rings. The lowest BCUT2D eigenvalue weighted by Gasteiger charge is -2.22. The van der Waals surface area contributed by atoms with E-state index in [1.165, 1.54) is 12.8 Å². The van der Waals surface area contributed by atoms with Gasteiger partial charge in [-0.1, -0.05) is 20.8 Å². The molecule has 0 N–H and O–H groups in total. The van der Waals surface area contributed by atoms with Crippen molar-refractivity contribution in [3.05, 3.63) is 11.1 Å². The smallest absolute Gasteiger partial charge is 0.225 e. The summed E-state index contributed by atoms with van der Waals surface area (Å²) in [6.07, 6.45) is 3.57. The van der Waals surface area contributed by atoms with Gasteiger partial charge in [-0.15, -0.1) is 10.2 Å². The van der Waals surface area contributed by atoms with E-state index in [0.29, 0.717) is 10.7 Å². The molecular formula is C13H22ClN3O. The van der Waals surface area contributed by atoms with Gasteiger partial charge in [0, 0.05) is 25.7 Å². The van der Waals surface area contributed by atoms with Crippen molar-refractivity contribution in [2.45, 2.75) is 52.0 Å². The molecule has 1 heterocycles. The van der Waals surface area contributed by atoms with Crippen molar-refractivity contribution in [2.75, 3.05) is 13.7 Å². The predicted octanol–water partition coefficient (Wildman–Crippen LogP) is 3.05. The molecule has 0 aliphatic heterocycles.